The lowest BCUT2D eigenvalue weighted by molar-refractivity contribution is -0.259. The fourth-order valence-corrected chi connectivity index (χ4v) is 3.46. The van der Waals surface area contributed by atoms with Gasteiger partial charge in [0, 0.05) is 24.3 Å². The van der Waals surface area contributed by atoms with E-state index in [4.69, 9.17) is 0 Å². The molecule has 6 nitrogen and oxygen atoms in total. The van der Waals surface area contributed by atoms with E-state index in [-0.39, 0.29) is 11.6 Å². The Morgan fingerprint density at radius 1 is 1.24 bits per heavy atom. The number of rotatable bonds is 4. The highest BCUT2D eigenvalue weighted by Gasteiger charge is 2.51. The van der Waals surface area contributed by atoms with Gasteiger partial charge in [0.25, 0.3) is 0 Å². The van der Waals surface area contributed by atoms with Crippen molar-refractivity contribution in [1.29, 1.82) is 0 Å². The van der Waals surface area contributed by atoms with Crippen molar-refractivity contribution >= 4 is 11.5 Å². The summed E-state index contributed by atoms with van der Waals surface area (Å²) in [5.41, 5.74) is -1.63. The van der Waals surface area contributed by atoms with Gasteiger partial charge in [0.2, 0.25) is 0 Å². The van der Waals surface area contributed by atoms with Crippen LogP contribution in [0.3, 0.4) is 0 Å². The normalized spacial score (nSPS) is 19.8. The number of aliphatic hydroxyl groups is 1. The first-order chi connectivity index (χ1) is 13.8. The molecular weight excluding hydrogens is 383 g/mol. The predicted molar refractivity (Wildman–Crippen MR) is 104 cm³/mol. The number of halogens is 3. The molecule has 2 atom stereocenters. The molecular formula is C20H22F3N5O. The number of nitrogens with one attached hydrogen (secondary N) is 2. The number of pyridine rings is 2. The molecule has 1 saturated heterocycles. The van der Waals surface area contributed by atoms with Gasteiger partial charge in [0.05, 0.1) is 17.6 Å². The second-order valence-corrected chi connectivity index (χ2v) is 7.46. The summed E-state index contributed by atoms with van der Waals surface area (Å²) in [5, 5.41) is 16.7. The zero-order valence-electron chi connectivity index (χ0n) is 15.9. The molecule has 2 unspecified atom stereocenters. The van der Waals surface area contributed by atoms with Gasteiger partial charge >= 0.3 is 6.18 Å². The first-order valence-corrected chi connectivity index (χ1v) is 9.47. The summed E-state index contributed by atoms with van der Waals surface area (Å²) in [6, 6.07) is 8.46. The van der Waals surface area contributed by atoms with Crippen molar-refractivity contribution in [3.8, 4) is 11.4 Å². The molecule has 1 aliphatic rings. The highest BCUT2D eigenvalue weighted by atomic mass is 19.4. The Kier molecular flexibility index (Phi) is 4.95. The Balaban J connectivity index is 1.69. The zero-order valence-corrected chi connectivity index (χ0v) is 15.9. The number of anilines is 1. The summed E-state index contributed by atoms with van der Waals surface area (Å²) in [4.78, 5) is 8.87. The van der Waals surface area contributed by atoms with Crippen LogP contribution in [0.1, 0.15) is 25.3 Å². The third kappa shape index (κ3) is 3.79. The van der Waals surface area contributed by atoms with Crippen LogP contribution < -0.4 is 10.6 Å². The van der Waals surface area contributed by atoms with Crippen LogP contribution in [0.4, 0.5) is 19.0 Å². The van der Waals surface area contributed by atoms with E-state index in [9.17, 15) is 18.3 Å². The first kappa shape index (κ1) is 19.7. The van der Waals surface area contributed by atoms with Crippen LogP contribution in [0.25, 0.3) is 17.0 Å². The van der Waals surface area contributed by atoms with Crippen LogP contribution in [0.2, 0.25) is 0 Å². The van der Waals surface area contributed by atoms with Gasteiger partial charge in [-0.05, 0) is 44.5 Å². The molecule has 0 aliphatic carbocycles. The van der Waals surface area contributed by atoms with Crippen LogP contribution in [0.5, 0.6) is 0 Å². The molecule has 0 amide bonds. The molecule has 0 radical (unpaired) electrons. The maximum atomic E-state index is 13.2. The number of hydrogen-bond donors (Lipinski definition) is 3. The van der Waals surface area contributed by atoms with Gasteiger partial charge < -0.3 is 15.7 Å². The first-order valence-electron chi connectivity index (χ1n) is 9.47. The summed E-state index contributed by atoms with van der Waals surface area (Å²) in [5.74, 6) is 0.699. The van der Waals surface area contributed by atoms with Gasteiger partial charge in [-0.2, -0.15) is 13.2 Å². The molecule has 1 fully saturated rings. The van der Waals surface area contributed by atoms with Crippen LogP contribution in [0, 0.1) is 0 Å². The quantitative estimate of drug-likeness (QED) is 0.621. The summed E-state index contributed by atoms with van der Waals surface area (Å²) >= 11 is 0. The third-order valence-electron chi connectivity index (χ3n) is 5.28. The van der Waals surface area contributed by atoms with Gasteiger partial charge in [0.1, 0.15) is 11.5 Å². The van der Waals surface area contributed by atoms with E-state index in [1.165, 1.54) is 22.7 Å². The van der Waals surface area contributed by atoms with Crippen LogP contribution in [-0.2, 0) is 5.60 Å². The average Bonchev–Trinajstić information content (AvgIpc) is 3.11. The van der Waals surface area contributed by atoms with Crippen molar-refractivity contribution in [3.05, 3.63) is 48.3 Å². The Labute approximate surface area is 165 Å². The van der Waals surface area contributed by atoms with E-state index in [0.717, 1.165) is 32.9 Å². The lowest BCUT2D eigenvalue weighted by atomic mass is 9.97. The van der Waals surface area contributed by atoms with Crippen molar-refractivity contribution < 1.29 is 18.3 Å². The van der Waals surface area contributed by atoms with Crippen molar-refractivity contribution in [2.75, 3.05) is 18.4 Å². The fourth-order valence-electron chi connectivity index (χ4n) is 3.46. The number of alkyl halides is 3. The zero-order chi connectivity index (χ0) is 20.6. The van der Waals surface area contributed by atoms with E-state index in [0.29, 0.717) is 22.9 Å². The Hall–Kier alpha value is -2.65. The molecule has 0 bridgehead atoms. The lowest BCUT2D eigenvalue weighted by Gasteiger charge is -2.26. The number of imidazole rings is 1. The lowest BCUT2D eigenvalue weighted by Crippen LogP contribution is -2.39. The van der Waals surface area contributed by atoms with E-state index >= 15 is 0 Å². The van der Waals surface area contributed by atoms with Crippen molar-refractivity contribution in [2.24, 2.45) is 0 Å². The molecule has 4 rings (SSSR count). The largest absolute Gasteiger partial charge is 0.421 e. The molecule has 3 aromatic rings. The van der Waals surface area contributed by atoms with Gasteiger partial charge in [0.15, 0.2) is 5.60 Å². The van der Waals surface area contributed by atoms with Gasteiger partial charge in [-0.15, -0.1) is 0 Å². The van der Waals surface area contributed by atoms with Crippen LogP contribution in [0.15, 0.2) is 42.7 Å². The van der Waals surface area contributed by atoms with E-state index in [1.54, 1.807) is 12.3 Å². The molecule has 0 saturated carbocycles. The minimum absolute atomic E-state index is 0.265. The fraction of sp³-hybridized carbons (Fsp3) is 0.400. The van der Waals surface area contributed by atoms with Crippen molar-refractivity contribution in [3.63, 3.8) is 0 Å². The maximum absolute atomic E-state index is 13.2. The predicted octanol–water partition coefficient (Wildman–Crippen LogP) is 3.33. The molecule has 3 aromatic heterocycles. The maximum Gasteiger partial charge on any atom is 0.421 e. The molecule has 1 aliphatic heterocycles. The molecule has 0 spiro atoms. The molecule has 4 heterocycles. The van der Waals surface area contributed by atoms with Crippen LogP contribution in [-0.4, -0.2) is 44.8 Å². The number of aromatic nitrogens is 3. The molecule has 29 heavy (non-hydrogen) atoms. The summed E-state index contributed by atoms with van der Waals surface area (Å²) < 4.78 is 41.2. The second kappa shape index (κ2) is 7.31. The minimum atomic E-state index is -4.79. The smallest absolute Gasteiger partial charge is 0.376 e. The Bertz CT molecular complexity index is 1010. The standard InChI is InChI=1S/C20H22F3N5O/c1-19(29,20(21,22)23)13-7-8-18-25-11-16(28(18)12-13)15-5-2-6-17(27-15)26-14-4-3-9-24-10-14/h2,5-8,11-12,14,24,29H,3-4,9-10H2,1H3,(H,26,27). The topological polar surface area (TPSA) is 74.5 Å². The molecule has 3 N–H and O–H groups in total. The SMILES string of the molecule is CC(O)(c1ccc2ncc(-c3cccc(NC4CCCNC4)n3)n2c1)C(F)(F)F. The van der Waals surface area contributed by atoms with Gasteiger partial charge in [-0.25, -0.2) is 9.97 Å². The molecule has 9 heteroatoms. The molecule has 0 aromatic carbocycles. The van der Waals surface area contributed by atoms with E-state index in [2.05, 4.69) is 20.6 Å². The third-order valence-corrected chi connectivity index (χ3v) is 5.28. The van der Waals surface area contributed by atoms with E-state index in [1.807, 2.05) is 12.1 Å². The highest BCUT2D eigenvalue weighted by molar-refractivity contribution is 5.62. The second-order valence-electron chi connectivity index (χ2n) is 7.46. The van der Waals surface area contributed by atoms with Gasteiger partial charge in [-0.1, -0.05) is 12.1 Å². The van der Waals surface area contributed by atoms with Crippen LogP contribution >= 0.6 is 0 Å². The number of nitrogens with zero attached hydrogens (tertiary/aromatic N) is 3. The number of hydrogen-bond acceptors (Lipinski definition) is 5. The summed E-state index contributed by atoms with van der Waals surface area (Å²) in [6.45, 7) is 2.61. The highest BCUT2D eigenvalue weighted by Crippen LogP contribution is 2.38. The Morgan fingerprint density at radius 3 is 2.79 bits per heavy atom. The van der Waals surface area contributed by atoms with Gasteiger partial charge in [-0.3, -0.25) is 4.40 Å². The van der Waals surface area contributed by atoms with Crippen molar-refractivity contribution in [1.82, 2.24) is 19.7 Å². The monoisotopic (exact) mass is 405 g/mol. The molecule has 154 valence electrons. The average molecular weight is 405 g/mol. The summed E-state index contributed by atoms with van der Waals surface area (Å²) in [6.07, 6.45) is 0.169. The van der Waals surface area contributed by atoms with E-state index < -0.39 is 11.8 Å². The Morgan fingerprint density at radius 2 is 2.07 bits per heavy atom. The number of piperidine rings is 1. The summed E-state index contributed by atoms with van der Waals surface area (Å²) in [7, 11) is 0. The minimum Gasteiger partial charge on any atom is -0.376 e. The number of fused-ring (bicyclic) bond motifs is 1. The van der Waals surface area contributed by atoms with Crippen molar-refractivity contribution in [2.45, 2.75) is 37.6 Å².